The highest BCUT2D eigenvalue weighted by Gasteiger charge is 2.31. The van der Waals surface area contributed by atoms with E-state index in [0.717, 1.165) is 16.9 Å². The predicted octanol–water partition coefficient (Wildman–Crippen LogP) is 4.06. The lowest BCUT2D eigenvalue weighted by molar-refractivity contribution is -0.135. The predicted molar refractivity (Wildman–Crippen MR) is 98.6 cm³/mol. The molecule has 1 aliphatic rings. The first-order valence-electron chi connectivity index (χ1n) is 8.54. The van der Waals surface area contributed by atoms with Crippen molar-refractivity contribution in [2.45, 2.75) is 35.6 Å². The highest BCUT2D eigenvalue weighted by molar-refractivity contribution is 8.00. The topological polar surface area (TPSA) is 40.5 Å². The van der Waals surface area contributed by atoms with Gasteiger partial charge in [0.05, 0.1) is 0 Å². The summed E-state index contributed by atoms with van der Waals surface area (Å²) in [6, 6.07) is 16.7. The second-order valence-electron chi connectivity index (χ2n) is 6.30. The van der Waals surface area contributed by atoms with Crippen molar-refractivity contribution in [2.24, 2.45) is 0 Å². The van der Waals surface area contributed by atoms with Crippen molar-refractivity contribution in [3.05, 3.63) is 60.2 Å². The van der Waals surface area contributed by atoms with Crippen LogP contribution in [0.5, 0.6) is 5.75 Å². The molecule has 132 valence electrons. The molecule has 5 heteroatoms. The average molecular weight is 359 g/mol. The molecule has 0 aromatic heterocycles. The van der Waals surface area contributed by atoms with Crippen LogP contribution in [0.3, 0.4) is 0 Å². The number of halogens is 1. The van der Waals surface area contributed by atoms with Crippen LogP contribution < -0.4 is 0 Å². The van der Waals surface area contributed by atoms with E-state index in [1.54, 1.807) is 28.8 Å². The molecule has 0 bridgehead atoms. The maximum Gasteiger partial charge on any atom is 0.257 e. The van der Waals surface area contributed by atoms with Crippen molar-refractivity contribution in [3.63, 3.8) is 0 Å². The number of hydrogen-bond acceptors (Lipinski definition) is 3. The molecule has 1 saturated heterocycles. The number of likely N-dealkylation sites (tertiary alicyclic amines) is 1. The Morgan fingerprint density at radius 2 is 1.92 bits per heavy atom. The van der Waals surface area contributed by atoms with Crippen LogP contribution in [-0.4, -0.2) is 40.4 Å². The Kier molecular flexibility index (Phi) is 5.97. The van der Waals surface area contributed by atoms with Gasteiger partial charge >= 0.3 is 0 Å². The summed E-state index contributed by atoms with van der Waals surface area (Å²) in [6.07, 6.45) is 0.239. The van der Waals surface area contributed by atoms with Crippen LogP contribution in [0.4, 0.5) is 4.39 Å². The summed E-state index contributed by atoms with van der Waals surface area (Å²) in [5.41, 5.74) is 1.06. The van der Waals surface area contributed by atoms with Crippen molar-refractivity contribution in [1.29, 1.82) is 0 Å². The first-order valence-corrected chi connectivity index (χ1v) is 9.42. The molecule has 3 nitrogen and oxygen atoms in total. The third-order valence-electron chi connectivity index (χ3n) is 4.39. The van der Waals surface area contributed by atoms with Gasteiger partial charge in [-0.2, -0.15) is 0 Å². The number of thioether (sulfide) groups is 1. The summed E-state index contributed by atoms with van der Waals surface area (Å²) in [5, 5.41) is 9.60. The molecule has 25 heavy (non-hydrogen) atoms. The molecule has 1 aliphatic heterocycles. The van der Waals surface area contributed by atoms with Crippen LogP contribution in [0.25, 0.3) is 0 Å². The van der Waals surface area contributed by atoms with Gasteiger partial charge in [0.2, 0.25) is 0 Å². The minimum Gasteiger partial charge on any atom is -0.508 e. The fraction of sp³-hybridized carbons (Fsp3) is 0.350. The van der Waals surface area contributed by atoms with E-state index in [2.05, 4.69) is 0 Å². The number of aryl methyl sites for hydroxylation is 1. The maximum atomic E-state index is 14.3. The quantitative estimate of drug-likeness (QED) is 0.846. The first kappa shape index (κ1) is 17.8. The van der Waals surface area contributed by atoms with E-state index in [1.807, 2.05) is 42.5 Å². The molecule has 0 saturated carbocycles. The zero-order valence-electron chi connectivity index (χ0n) is 14.0. The van der Waals surface area contributed by atoms with Gasteiger partial charge in [-0.05, 0) is 49.1 Å². The van der Waals surface area contributed by atoms with Crippen molar-refractivity contribution >= 4 is 17.7 Å². The van der Waals surface area contributed by atoms with Gasteiger partial charge in [0.1, 0.15) is 5.75 Å². The molecule has 0 radical (unpaired) electrons. The van der Waals surface area contributed by atoms with E-state index in [4.69, 9.17) is 0 Å². The monoisotopic (exact) mass is 359 g/mol. The summed E-state index contributed by atoms with van der Waals surface area (Å²) < 4.78 is 14.3. The average Bonchev–Trinajstić information content (AvgIpc) is 3.10. The fourth-order valence-electron chi connectivity index (χ4n) is 3.00. The number of phenols is 1. The summed E-state index contributed by atoms with van der Waals surface area (Å²) in [5.74, 6) is -0.143. The molecule has 2 aromatic rings. The first-order chi connectivity index (χ1) is 12.1. The van der Waals surface area contributed by atoms with Crippen molar-refractivity contribution < 1.29 is 14.3 Å². The lowest BCUT2D eigenvalue weighted by atomic mass is 10.1. The normalized spacial score (nSPS) is 18.3. The highest BCUT2D eigenvalue weighted by atomic mass is 32.2. The molecule has 1 heterocycles. The third-order valence-corrected chi connectivity index (χ3v) is 5.66. The molecule has 1 N–H and O–H groups in total. The van der Waals surface area contributed by atoms with Crippen molar-refractivity contribution in [1.82, 2.24) is 4.90 Å². The Labute approximate surface area is 151 Å². The van der Waals surface area contributed by atoms with Gasteiger partial charge in [-0.25, -0.2) is 4.39 Å². The smallest absolute Gasteiger partial charge is 0.257 e. The van der Waals surface area contributed by atoms with E-state index in [9.17, 15) is 14.3 Å². The molecule has 1 unspecified atom stereocenters. The van der Waals surface area contributed by atoms with Crippen LogP contribution in [0, 0.1) is 0 Å². The Morgan fingerprint density at radius 3 is 2.64 bits per heavy atom. The van der Waals surface area contributed by atoms with Crippen LogP contribution in [0.1, 0.15) is 18.4 Å². The minimum atomic E-state index is -1.43. The van der Waals surface area contributed by atoms with Crippen molar-refractivity contribution in [2.75, 3.05) is 13.1 Å². The van der Waals surface area contributed by atoms with E-state index >= 15 is 0 Å². The number of rotatable bonds is 6. The molecular formula is C20H22FNO2S. The van der Waals surface area contributed by atoms with Gasteiger partial charge in [-0.1, -0.05) is 30.3 Å². The standard InChI is InChI=1S/C20H22FNO2S/c21-19(11-6-15-4-2-1-3-5-15)20(24)22-13-12-18(14-22)25-17-9-7-16(23)8-10-17/h1-5,7-10,18-19,23H,6,11-14H2/t18-,19?/m1/s1. The lowest BCUT2D eigenvalue weighted by Gasteiger charge is -2.19. The second kappa shape index (κ2) is 8.39. The van der Waals surface area contributed by atoms with Crippen LogP contribution in [0.2, 0.25) is 0 Å². The van der Waals surface area contributed by atoms with Gasteiger partial charge in [0, 0.05) is 23.2 Å². The van der Waals surface area contributed by atoms with E-state index in [-0.39, 0.29) is 23.3 Å². The van der Waals surface area contributed by atoms with Gasteiger partial charge < -0.3 is 10.0 Å². The molecule has 0 aliphatic carbocycles. The molecular weight excluding hydrogens is 337 g/mol. The zero-order valence-corrected chi connectivity index (χ0v) is 14.8. The SMILES string of the molecule is O=C(C(F)CCc1ccccc1)N1CC[C@@H](Sc2ccc(O)cc2)C1. The lowest BCUT2D eigenvalue weighted by Crippen LogP contribution is -2.36. The minimum absolute atomic E-state index is 0.231. The summed E-state index contributed by atoms with van der Waals surface area (Å²) >= 11 is 1.68. The fourth-order valence-corrected chi connectivity index (χ4v) is 4.16. The van der Waals surface area contributed by atoms with E-state index < -0.39 is 6.17 Å². The molecule has 2 atom stereocenters. The number of alkyl halides is 1. The highest BCUT2D eigenvalue weighted by Crippen LogP contribution is 2.31. The molecule has 0 spiro atoms. The van der Waals surface area contributed by atoms with E-state index in [0.29, 0.717) is 19.5 Å². The molecule has 2 aromatic carbocycles. The number of carbonyl (C=O) groups excluding carboxylic acids is 1. The molecule has 1 amide bonds. The van der Waals surface area contributed by atoms with Crippen LogP contribution in [-0.2, 0) is 11.2 Å². The summed E-state index contributed by atoms with van der Waals surface area (Å²) in [7, 11) is 0. The zero-order chi connectivity index (χ0) is 17.6. The number of amides is 1. The molecule has 1 fully saturated rings. The Balaban J connectivity index is 1.47. The van der Waals surface area contributed by atoms with Crippen molar-refractivity contribution in [3.8, 4) is 5.75 Å². The summed E-state index contributed by atoms with van der Waals surface area (Å²) in [6.45, 7) is 1.19. The third kappa shape index (κ3) is 4.98. The summed E-state index contributed by atoms with van der Waals surface area (Å²) in [4.78, 5) is 15.0. The maximum absolute atomic E-state index is 14.3. The van der Waals surface area contributed by atoms with Crippen LogP contribution in [0.15, 0.2) is 59.5 Å². The largest absolute Gasteiger partial charge is 0.508 e. The second-order valence-corrected chi connectivity index (χ2v) is 7.67. The number of benzene rings is 2. The Bertz CT molecular complexity index is 693. The number of hydrogen-bond donors (Lipinski definition) is 1. The Hall–Kier alpha value is -2.01. The van der Waals surface area contributed by atoms with Gasteiger partial charge in [-0.15, -0.1) is 11.8 Å². The Morgan fingerprint density at radius 1 is 1.20 bits per heavy atom. The van der Waals surface area contributed by atoms with Gasteiger partial charge in [0.15, 0.2) is 6.17 Å². The van der Waals surface area contributed by atoms with Gasteiger partial charge in [-0.3, -0.25) is 4.79 Å². The van der Waals surface area contributed by atoms with E-state index in [1.165, 1.54) is 0 Å². The number of nitrogens with zero attached hydrogens (tertiary/aromatic N) is 1. The number of carbonyl (C=O) groups is 1. The number of phenolic OH excluding ortho intramolecular Hbond substituents is 1. The van der Waals surface area contributed by atoms with Gasteiger partial charge in [0.25, 0.3) is 5.91 Å². The molecule has 3 rings (SSSR count). The number of aromatic hydroxyl groups is 1. The van der Waals surface area contributed by atoms with Crippen LogP contribution >= 0.6 is 11.8 Å².